The molecule has 1 aromatic carbocycles. The number of nitrogens with one attached hydrogen (secondary N) is 1. The van der Waals surface area contributed by atoms with Crippen molar-refractivity contribution in [1.82, 2.24) is 5.32 Å². The van der Waals surface area contributed by atoms with E-state index in [1.165, 1.54) is 31.2 Å². The van der Waals surface area contributed by atoms with Crippen molar-refractivity contribution in [3.05, 3.63) is 35.9 Å². The molecule has 2 unspecified atom stereocenters. The molecule has 0 spiro atoms. The van der Waals surface area contributed by atoms with Crippen molar-refractivity contribution in [1.29, 1.82) is 0 Å². The highest BCUT2D eigenvalue weighted by molar-refractivity contribution is 5.18. The van der Waals surface area contributed by atoms with Crippen LogP contribution >= 0.6 is 0 Å². The van der Waals surface area contributed by atoms with Gasteiger partial charge in [-0.2, -0.15) is 0 Å². The maximum absolute atomic E-state index is 6.30. The van der Waals surface area contributed by atoms with Gasteiger partial charge in [-0.3, -0.25) is 0 Å². The average molecular weight is 291 g/mol. The quantitative estimate of drug-likeness (QED) is 0.541. The fourth-order valence-electron chi connectivity index (χ4n) is 2.53. The molecule has 0 aromatic heterocycles. The number of ether oxygens (including phenoxy) is 1. The SMILES string of the molecule is CCCCCCC(C)OC(CNCCC)c1ccccc1. The molecule has 2 nitrogen and oxygen atoms in total. The Hall–Kier alpha value is -0.860. The molecule has 1 aromatic rings. The van der Waals surface area contributed by atoms with Gasteiger partial charge >= 0.3 is 0 Å². The van der Waals surface area contributed by atoms with Crippen molar-refractivity contribution in [2.75, 3.05) is 13.1 Å². The summed E-state index contributed by atoms with van der Waals surface area (Å²) in [6.07, 6.45) is 8.06. The summed E-state index contributed by atoms with van der Waals surface area (Å²) in [5, 5.41) is 3.49. The average Bonchev–Trinajstić information content (AvgIpc) is 2.52. The number of unbranched alkanes of at least 4 members (excludes halogenated alkanes) is 3. The minimum absolute atomic E-state index is 0.166. The van der Waals surface area contributed by atoms with Gasteiger partial charge in [0.2, 0.25) is 0 Å². The molecule has 2 heteroatoms. The van der Waals surface area contributed by atoms with Gasteiger partial charge in [0.25, 0.3) is 0 Å². The smallest absolute Gasteiger partial charge is 0.0952 e. The molecule has 0 fully saturated rings. The van der Waals surface area contributed by atoms with Crippen LogP contribution in [-0.4, -0.2) is 19.2 Å². The zero-order valence-electron chi connectivity index (χ0n) is 14.1. The van der Waals surface area contributed by atoms with Crippen molar-refractivity contribution in [3.8, 4) is 0 Å². The van der Waals surface area contributed by atoms with Crippen molar-refractivity contribution >= 4 is 0 Å². The normalized spacial score (nSPS) is 14.0. The Bertz CT molecular complexity index is 339. The molecule has 1 rings (SSSR count). The van der Waals surface area contributed by atoms with Crippen LogP contribution in [0.1, 0.15) is 71.0 Å². The second-order valence-corrected chi connectivity index (χ2v) is 5.90. The van der Waals surface area contributed by atoms with Gasteiger partial charge in [-0.05, 0) is 31.9 Å². The van der Waals surface area contributed by atoms with Crippen LogP contribution in [0.15, 0.2) is 30.3 Å². The maximum atomic E-state index is 6.30. The third kappa shape index (κ3) is 8.23. The molecule has 1 N–H and O–H groups in total. The van der Waals surface area contributed by atoms with Gasteiger partial charge in [0.15, 0.2) is 0 Å². The fraction of sp³-hybridized carbons (Fsp3) is 0.684. The largest absolute Gasteiger partial charge is 0.369 e. The second kappa shape index (κ2) is 11.8. The van der Waals surface area contributed by atoms with Gasteiger partial charge in [0.05, 0.1) is 12.2 Å². The molecule has 0 radical (unpaired) electrons. The number of hydrogen-bond donors (Lipinski definition) is 1. The van der Waals surface area contributed by atoms with Crippen LogP contribution in [0, 0.1) is 0 Å². The van der Waals surface area contributed by atoms with E-state index in [-0.39, 0.29) is 6.10 Å². The first kappa shape index (κ1) is 18.2. The summed E-state index contributed by atoms with van der Waals surface area (Å²) in [4.78, 5) is 0. The van der Waals surface area contributed by atoms with Crippen LogP contribution in [-0.2, 0) is 4.74 Å². The molecule has 0 saturated carbocycles. The van der Waals surface area contributed by atoms with E-state index < -0.39 is 0 Å². The zero-order valence-corrected chi connectivity index (χ0v) is 14.1. The predicted molar refractivity (Wildman–Crippen MR) is 91.6 cm³/mol. The third-order valence-corrected chi connectivity index (χ3v) is 3.79. The van der Waals surface area contributed by atoms with E-state index in [9.17, 15) is 0 Å². The Labute approximate surface area is 131 Å². The van der Waals surface area contributed by atoms with Crippen molar-refractivity contribution in [2.24, 2.45) is 0 Å². The molecular formula is C19H33NO. The van der Waals surface area contributed by atoms with Crippen LogP contribution in [0.2, 0.25) is 0 Å². The van der Waals surface area contributed by atoms with E-state index >= 15 is 0 Å². The first-order valence-electron chi connectivity index (χ1n) is 8.69. The van der Waals surface area contributed by atoms with E-state index in [0.29, 0.717) is 6.10 Å². The van der Waals surface area contributed by atoms with Crippen LogP contribution in [0.4, 0.5) is 0 Å². The number of hydrogen-bond acceptors (Lipinski definition) is 2. The standard InChI is InChI=1S/C19H33NO/c1-4-6-7-9-12-17(3)21-19(16-20-15-5-2)18-13-10-8-11-14-18/h8,10-11,13-14,17,19-20H,4-7,9,12,15-16H2,1-3H3. The van der Waals surface area contributed by atoms with E-state index in [1.54, 1.807) is 0 Å². The molecule has 21 heavy (non-hydrogen) atoms. The first-order valence-corrected chi connectivity index (χ1v) is 8.69. The number of rotatable bonds is 12. The molecule has 0 bridgehead atoms. The van der Waals surface area contributed by atoms with Gasteiger partial charge in [0, 0.05) is 6.54 Å². The topological polar surface area (TPSA) is 21.3 Å². The summed E-state index contributed by atoms with van der Waals surface area (Å²) in [6.45, 7) is 8.61. The Morgan fingerprint density at radius 2 is 1.76 bits per heavy atom. The predicted octanol–water partition coefficient (Wildman–Crippen LogP) is 5.10. The molecule has 0 aliphatic heterocycles. The summed E-state index contributed by atoms with van der Waals surface area (Å²) in [5.74, 6) is 0. The Balaban J connectivity index is 2.44. The summed E-state index contributed by atoms with van der Waals surface area (Å²) in [5.41, 5.74) is 1.28. The van der Waals surface area contributed by atoms with Crippen LogP contribution in [0.25, 0.3) is 0 Å². The third-order valence-electron chi connectivity index (χ3n) is 3.79. The minimum Gasteiger partial charge on any atom is -0.369 e. The lowest BCUT2D eigenvalue weighted by atomic mass is 10.1. The van der Waals surface area contributed by atoms with E-state index in [1.807, 2.05) is 0 Å². The second-order valence-electron chi connectivity index (χ2n) is 5.90. The molecule has 0 aliphatic rings. The van der Waals surface area contributed by atoms with Crippen molar-refractivity contribution in [2.45, 2.75) is 71.5 Å². The van der Waals surface area contributed by atoms with Gasteiger partial charge in [-0.1, -0.05) is 69.9 Å². The van der Waals surface area contributed by atoms with E-state index in [2.05, 4.69) is 56.4 Å². The molecule has 0 heterocycles. The Kier molecular flexibility index (Phi) is 10.2. The lowest BCUT2D eigenvalue weighted by Crippen LogP contribution is -2.26. The molecule has 0 amide bonds. The highest BCUT2D eigenvalue weighted by Crippen LogP contribution is 2.20. The lowest BCUT2D eigenvalue weighted by Gasteiger charge is -2.23. The van der Waals surface area contributed by atoms with Crippen LogP contribution < -0.4 is 5.32 Å². The summed E-state index contributed by atoms with van der Waals surface area (Å²) in [6, 6.07) is 10.6. The molecular weight excluding hydrogens is 258 g/mol. The molecule has 2 atom stereocenters. The highest BCUT2D eigenvalue weighted by atomic mass is 16.5. The molecule has 120 valence electrons. The minimum atomic E-state index is 0.166. The monoisotopic (exact) mass is 291 g/mol. The van der Waals surface area contributed by atoms with Gasteiger partial charge in [-0.25, -0.2) is 0 Å². The Morgan fingerprint density at radius 3 is 2.43 bits per heavy atom. The van der Waals surface area contributed by atoms with Crippen molar-refractivity contribution < 1.29 is 4.74 Å². The summed E-state index contributed by atoms with van der Waals surface area (Å²) < 4.78 is 6.30. The summed E-state index contributed by atoms with van der Waals surface area (Å²) in [7, 11) is 0. The first-order chi connectivity index (χ1) is 10.3. The Morgan fingerprint density at radius 1 is 1.00 bits per heavy atom. The van der Waals surface area contributed by atoms with Gasteiger partial charge in [0.1, 0.15) is 0 Å². The zero-order chi connectivity index (χ0) is 15.3. The fourth-order valence-corrected chi connectivity index (χ4v) is 2.53. The van der Waals surface area contributed by atoms with E-state index in [0.717, 1.165) is 25.9 Å². The van der Waals surface area contributed by atoms with E-state index in [4.69, 9.17) is 4.74 Å². The summed E-state index contributed by atoms with van der Waals surface area (Å²) >= 11 is 0. The van der Waals surface area contributed by atoms with Crippen LogP contribution in [0.3, 0.4) is 0 Å². The lowest BCUT2D eigenvalue weighted by molar-refractivity contribution is -0.00799. The van der Waals surface area contributed by atoms with Crippen molar-refractivity contribution in [3.63, 3.8) is 0 Å². The van der Waals surface area contributed by atoms with Crippen LogP contribution in [0.5, 0.6) is 0 Å². The molecule has 0 saturated heterocycles. The van der Waals surface area contributed by atoms with Gasteiger partial charge in [-0.15, -0.1) is 0 Å². The molecule has 0 aliphatic carbocycles. The highest BCUT2D eigenvalue weighted by Gasteiger charge is 2.15. The maximum Gasteiger partial charge on any atom is 0.0952 e. The number of benzene rings is 1. The van der Waals surface area contributed by atoms with Gasteiger partial charge < -0.3 is 10.1 Å².